The highest BCUT2D eigenvalue weighted by Gasteiger charge is 2.44. The van der Waals surface area contributed by atoms with Gasteiger partial charge in [0.25, 0.3) is 5.91 Å². The number of halogens is 1. The molecule has 0 spiro atoms. The van der Waals surface area contributed by atoms with E-state index >= 15 is 0 Å². The zero-order chi connectivity index (χ0) is 21.7. The first kappa shape index (κ1) is 22.4. The molecule has 3 rings (SSSR count). The Kier molecular flexibility index (Phi) is 7.19. The number of aryl methyl sites for hydroxylation is 1. The van der Waals surface area contributed by atoms with Gasteiger partial charge in [0.15, 0.2) is 0 Å². The molecule has 2 aromatic rings. The monoisotopic (exact) mass is 426 g/mol. The Morgan fingerprint density at radius 2 is 1.87 bits per heavy atom. The van der Waals surface area contributed by atoms with Crippen molar-refractivity contribution < 1.29 is 9.59 Å². The Morgan fingerprint density at radius 1 is 1.17 bits per heavy atom. The highest BCUT2D eigenvalue weighted by molar-refractivity contribution is 6.30. The van der Waals surface area contributed by atoms with Crippen molar-refractivity contribution >= 4 is 23.4 Å². The smallest absolute Gasteiger partial charge is 0.255 e. The van der Waals surface area contributed by atoms with Gasteiger partial charge < -0.3 is 10.2 Å². The summed E-state index contributed by atoms with van der Waals surface area (Å²) in [5.74, 6) is 0.373. The van der Waals surface area contributed by atoms with E-state index in [1.165, 1.54) is 0 Å². The minimum absolute atomic E-state index is 0.0691. The molecule has 4 nitrogen and oxygen atoms in total. The second-order valence-electron chi connectivity index (χ2n) is 8.70. The number of benzene rings is 2. The number of nitrogens with one attached hydrogen (secondary N) is 1. The molecule has 2 aromatic carbocycles. The molecule has 0 saturated carbocycles. The largest absolute Gasteiger partial charge is 0.354 e. The van der Waals surface area contributed by atoms with E-state index in [0.717, 1.165) is 17.5 Å². The van der Waals surface area contributed by atoms with Crippen molar-refractivity contribution in [2.24, 2.45) is 5.92 Å². The van der Waals surface area contributed by atoms with Crippen LogP contribution in [0.1, 0.15) is 55.1 Å². The second kappa shape index (κ2) is 9.65. The maximum Gasteiger partial charge on any atom is 0.255 e. The molecule has 0 saturated heterocycles. The number of hydrogen-bond acceptors (Lipinski definition) is 2. The minimum Gasteiger partial charge on any atom is -0.354 e. The molecule has 0 aromatic heterocycles. The molecule has 0 unspecified atom stereocenters. The zero-order valence-electron chi connectivity index (χ0n) is 18.1. The van der Waals surface area contributed by atoms with Gasteiger partial charge in [-0.15, -0.1) is 0 Å². The fraction of sp³-hybridized carbons (Fsp3) is 0.440. The molecular formula is C25H31ClN2O2. The summed E-state index contributed by atoms with van der Waals surface area (Å²) >= 11 is 6.00. The van der Waals surface area contributed by atoms with Gasteiger partial charge in [-0.1, -0.05) is 55.8 Å². The number of nitrogens with zero attached hydrogens (tertiary/aromatic N) is 1. The number of rotatable bonds is 7. The Hall–Kier alpha value is -2.33. The molecule has 0 fully saturated rings. The van der Waals surface area contributed by atoms with Crippen LogP contribution in [0.4, 0.5) is 0 Å². The Morgan fingerprint density at radius 3 is 2.57 bits per heavy atom. The molecule has 1 aliphatic rings. The van der Waals surface area contributed by atoms with Crippen LogP contribution >= 0.6 is 11.6 Å². The zero-order valence-corrected chi connectivity index (χ0v) is 18.8. The fourth-order valence-electron chi connectivity index (χ4n) is 3.97. The van der Waals surface area contributed by atoms with Gasteiger partial charge in [0.05, 0.1) is 0 Å². The van der Waals surface area contributed by atoms with E-state index in [1.807, 2.05) is 55.5 Å². The number of amides is 2. The summed E-state index contributed by atoms with van der Waals surface area (Å²) in [4.78, 5) is 28.6. The standard InChI is InChI=1S/C25H31ClN2O2/c1-18(2)13-16-27-24(30)25(3)15-12-20-6-4-5-7-22(20)23(29)28(25)17-14-19-8-10-21(26)11-9-19/h4-11,18H,12-17H2,1-3H3,(H,27,30)/t25-/m0/s1. The number of carbonyl (C=O) groups excluding carboxylic acids is 2. The van der Waals surface area contributed by atoms with Crippen molar-refractivity contribution in [1.82, 2.24) is 10.2 Å². The Balaban J connectivity index is 1.86. The lowest BCUT2D eigenvalue weighted by atomic mass is 9.91. The molecule has 1 heterocycles. The van der Waals surface area contributed by atoms with Crippen molar-refractivity contribution in [3.05, 3.63) is 70.2 Å². The lowest BCUT2D eigenvalue weighted by Gasteiger charge is -2.39. The van der Waals surface area contributed by atoms with Crippen LogP contribution in [0.25, 0.3) is 0 Å². The van der Waals surface area contributed by atoms with Crippen LogP contribution in [0.15, 0.2) is 48.5 Å². The number of hydrogen-bond donors (Lipinski definition) is 1. The molecule has 1 atom stereocenters. The van der Waals surface area contributed by atoms with Crippen molar-refractivity contribution in [3.8, 4) is 0 Å². The number of fused-ring (bicyclic) bond motifs is 1. The summed E-state index contributed by atoms with van der Waals surface area (Å²) in [6, 6.07) is 15.4. The van der Waals surface area contributed by atoms with E-state index < -0.39 is 5.54 Å². The highest BCUT2D eigenvalue weighted by Crippen LogP contribution is 2.31. The van der Waals surface area contributed by atoms with E-state index in [2.05, 4.69) is 19.2 Å². The summed E-state index contributed by atoms with van der Waals surface area (Å²) < 4.78 is 0. The second-order valence-corrected chi connectivity index (χ2v) is 9.14. The van der Waals surface area contributed by atoms with Crippen molar-refractivity contribution in [1.29, 1.82) is 0 Å². The molecule has 5 heteroatoms. The predicted molar refractivity (Wildman–Crippen MR) is 122 cm³/mol. The van der Waals surface area contributed by atoms with Crippen LogP contribution in [-0.4, -0.2) is 35.3 Å². The Labute approximate surface area is 184 Å². The summed E-state index contributed by atoms with van der Waals surface area (Å²) in [5.41, 5.74) is 1.91. The third-order valence-corrected chi connectivity index (χ3v) is 6.26. The van der Waals surface area contributed by atoms with Crippen LogP contribution in [-0.2, 0) is 17.6 Å². The minimum atomic E-state index is -0.889. The average molecular weight is 427 g/mol. The van der Waals surface area contributed by atoms with Gasteiger partial charge in [-0.05, 0) is 67.9 Å². The van der Waals surface area contributed by atoms with Gasteiger partial charge >= 0.3 is 0 Å². The van der Waals surface area contributed by atoms with Crippen LogP contribution in [0.3, 0.4) is 0 Å². The van der Waals surface area contributed by atoms with Crippen molar-refractivity contribution in [3.63, 3.8) is 0 Å². The van der Waals surface area contributed by atoms with E-state index in [-0.39, 0.29) is 11.8 Å². The van der Waals surface area contributed by atoms with E-state index in [9.17, 15) is 9.59 Å². The molecule has 160 valence electrons. The van der Waals surface area contributed by atoms with Gasteiger partial charge in [0, 0.05) is 23.7 Å². The van der Waals surface area contributed by atoms with Crippen molar-refractivity contribution in [2.75, 3.05) is 13.1 Å². The average Bonchev–Trinajstić information content (AvgIpc) is 2.83. The van der Waals surface area contributed by atoms with Gasteiger partial charge in [0.2, 0.25) is 5.91 Å². The molecule has 0 bridgehead atoms. The summed E-state index contributed by atoms with van der Waals surface area (Å²) in [6.07, 6.45) is 2.89. The topological polar surface area (TPSA) is 49.4 Å². The molecule has 30 heavy (non-hydrogen) atoms. The molecule has 1 aliphatic heterocycles. The van der Waals surface area contributed by atoms with Crippen LogP contribution in [0.2, 0.25) is 5.02 Å². The molecule has 1 N–H and O–H groups in total. The first-order valence-corrected chi connectivity index (χ1v) is 11.1. The molecule has 2 amide bonds. The molecule has 0 radical (unpaired) electrons. The lowest BCUT2D eigenvalue weighted by molar-refractivity contribution is -0.131. The van der Waals surface area contributed by atoms with Gasteiger partial charge in [-0.3, -0.25) is 9.59 Å². The van der Waals surface area contributed by atoms with Crippen molar-refractivity contribution in [2.45, 2.75) is 52.0 Å². The predicted octanol–water partition coefficient (Wildman–Crippen LogP) is 4.89. The summed E-state index contributed by atoms with van der Waals surface area (Å²) in [5, 5.41) is 3.77. The lowest BCUT2D eigenvalue weighted by Crippen LogP contribution is -2.59. The quantitative estimate of drug-likeness (QED) is 0.685. The first-order chi connectivity index (χ1) is 14.3. The fourth-order valence-corrected chi connectivity index (χ4v) is 4.10. The molecule has 0 aliphatic carbocycles. The van der Waals surface area contributed by atoms with Crippen LogP contribution < -0.4 is 5.32 Å². The maximum atomic E-state index is 13.5. The third kappa shape index (κ3) is 5.04. The highest BCUT2D eigenvalue weighted by atomic mass is 35.5. The van der Waals surface area contributed by atoms with Gasteiger partial charge in [-0.2, -0.15) is 0 Å². The number of carbonyl (C=O) groups is 2. The Bertz CT molecular complexity index is 894. The summed E-state index contributed by atoms with van der Waals surface area (Å²) in [7, 11) is 0. The summed E-state index contributed by atoms with van der Waals surface area (Å²) in [6.45, 7) is 7.28. The van der Waals surface area contributed by atoms with Gasteiger partial charge in [-0.25, -0.2) is 0 Å². The first-order valence-electron chi connectivity index (χ1n) is 10.7. The van der Waals surface area contributed by atoms with Crippen LogP contribution in [0, 0.1) is 5.92 Å². The third-order valence-electron chi connectivity index (χ3n) is 6.00. The maximum absolute atomic E-state index is 13.5. The normalized spacial score (nSPS) is 18.8. The van der Waals surface area contributed by atoms with Crippen LogP contribution in [0.5, 0.6) is 0 Å². The van der Waals surface area contributed by atoms with Gasteiger partial charge in [0.1, 0.15) is 5.54 Å². The van der Waals surface area contributed by atoms with E-state index in [1.54, 1.807) is 4.90 Å². The van der Waals surface area contributed by atoms with E-state index in [4.69, 9.17) is 11.6 Å². The SMILES string of the molecule is CC(C)CCNC(=O)[C@]1(C)CCc2ccccc2C(=O)N1CCc1ccc(Cl)cc1. The van der Waals surface area contributed by atoms with E-state index in [0.29, 0.717) is 48.9 Å². The molecular weight excluding hydrogens is 396 g/mol.